The second-order valence-corrected chi connectivity index (χ2v) is 5.04. The summed E-state index contributed by atoms with van der Waals surface area (Å²) in [5.41, 5.74) is 0.778. The lowest BCUT2D eigenvalue weighted by Crippen LogP contribution is -2.22. The summed E-state index contributed by atoms with van der Waals surface area (Å²) in [6.07, 6.45) is 3.99. The molecule has 0 fully saturated rings. The van der Waals surface area contributed by atoms with E-state index in [2.05, 4.69) is 20.4 Å². The minimum absolute atomic E-state index is 0.0971. The number of carbonyl (C=O) groups is 1. The summed E-state index contributed by atoms with van der Waals surface area (Å²) in [7, 11) is 0. The lowest BCUT2D eigenvalue weighted by Gasteiger charge is -2.01. The Labute approximate surface area is 132 Å². The quantitative estimate of drug-likeness (QED) is 0.750. The second-order valence-electron chi connectivity index (χ2n) is 5.04. The summed E-state index contributed by atoms with van der Waals surface area (Å²) in [4.78, 5) is 20.1. The van der Waals surface area contributed by atoms with Crippen molar-refractivity contribution in [2.24, 2.45) is 0 Å². The maximum absolute atomic E-state index is 11.8. The molecule has 0 aromatic carbocycles. The van der Waals surface area contributed by atoms with Crippen molar-refractivity contribution < 1.29 is 13.7 Å². The van der Waals surface area contributed by atoms with Crippen molar-refractivity contribution in [1.29, 1.82) is 0 Å². The molecule has 0 aliphatic rings. The van der Waals surface area contributed by atoms with Gasteiger partial charge < -0.3 is 14.3 Å². The lowest BCUT2D eigenvalue weighted by atomic mass is 10.2. The van der Waals surface area contributed by atoms with Crippen molar-refractivity contribution in [3.05, 3.63) is 54.1 Å². The number of pyridine rings is 1. The Balaban J connectivity index is 1.48. The fourth-order valence-corrected chi connectivity index (χ4v) is 2.04. The van der Waals surface area contributed by atoms with E-state index in [9.17, 15) is 4.79 Å². The zero-order valence-corrected chi connectivity index (χ0v) is 12.7. The van der Waals surface area contributed by atoms with Gasteiger partial charge in [0.15, 0.2) is 0 Å². The van der Waals surface area contributed by atoms with Crippen LogP contribution in [0.2, 0.25) is 0 Å². The zero-order chi connectivity index (χ0) is 16.1. The van der Waals surface area contributed by atoms with Gasteiger partial charge in [-0.25, -0.2) is 0 Å². The van der Waals surface area contributed by atoms with Crippen LogP contribution in [0.15, 0.2) is 45.6 Å². The summed E-state index contributed by atoms with van der Waals surface area (Å²) in [6, 6.07) is 7.35. The molecule has 3 aromatic heterocycles. The van der Waals surface area contributed by atoms with Crippen molar-refractivity contribution in [1.82, 2.24) is 20.4 Å². The molecule has 7 nitrogen and oxygen atoms in total. The van der Waals surface area contributed by atoms with Gasteiger partial charge in [0, 0.05) is 30.8 Å². The summed E-state index contributed by atoms with van der Waals surface area (Å²) >= 11 is 0. The van der Waals surface area contributed by atoms with Gasteiger partial charge in [-0.3, -0.25) is 9.78 Å². The van der Waals surface area contributed by atoms with Crippen molar-refractivity contribution in [2.75, 3.05) is 0 Å². The van der Waals surface area contributed by atoms with E-state index in [4.69, 9.17) is 8.94 Å². The van der Waals surface area contributed by atoms with Gasteiger partial charge in [0.05, 0.1) is 6.54 Å². The largest absolute Gasteiger partial charge is 0.465 e. The van der Waals surface area contributed by atoms with Gasteiger partial charge in [0.25, 0.3) is 0 Å². The van der Waals surface area contributed by atoms with Gasteiger partial charge in [-0.05, 0) is 31.2 Å². The first-order valence-electron chi connectivity index (χ1n) is 7.26. The first kappa shape index (κ1) is 15.0. The molecule has 0 saturated heterocycles. The van der Waals surface area contributed by atoms with Crippen LogP contribution in [0.4, 0.5) is 0 Å². The fourth-order valence-electron chi connectivity index (χ4n) is 2.04. The SMILES string of the molecule is Cc1ccc(CNC(=O)CCc2nc(-c3cccnc3)no2)o1. The van der Waals surface area contributed by atoms with E-state index >= 15 is 0 Å². The molecule has 0 aliphatic heterocycles. The first-order chi connectivity index (χ1) is 11.2. The van der Waals surface area contributed by atoms with E-state index in [1.807, 2.05) is 25.1 Å². The third kappa shape index (κ3) is 4.03. The number of nitrogens with zero attached hydrogens (tertiary/aromatic N) is 3. The van der Waals surface area contributed by atoms with Crippen molar-refractivity contribution >= 4 is 5.91 Å². The smallest absolute Gasteiger partial charge is 0.227 e. The van der Waals surface area contributed by atoms with Gasteiger partial charge in [-0.1, -0.05) is 5.16 Å². The van der Waals surface area contributed by atoms with Crippen LogP contribution in [0.25, 0.3) is 11.4 Å². The molecule has 0 spiro atoms. The molecule has 0 unspecified atom stereocenters. The second kappa shape index (κ2) is 6.87. The predicted molar refractivity (Wildman–Crippen MR) is 81.1 cm³/mol. The Morgan fingerprint density at radius 3 is 2.96 bits per heavy atom. The van der Waals surface area contributed by atoms with Gasteiger partial charge in [0.1, 0.15) is 11.5 Å². The van der Waals surface area contributed by atoms with Gasteiger partial charge in [-0.15, -0.1) is 0 Å². The highest BCUT2D eigenvalue weighted by atomic mass is 16.5. The number of nitrogens with one attached hydrogen (secondary N) is 1. The number of amides is 1. The Bertz CT molecular complexity index is 779. The van der Waals surface area contributed by atoms with Crippen molar-refractivity contribution in [3.8, 4) is 11.4 Å². The van der Waals surface area contributed by atoms with Crippen LogP contribution in [0.5, 0.6) is 0 Å². The van der Waals surface area contributed by atoms with Crippen LogP contribution in [0.3, 0.4) is 0 Å². The number of hydrogen-bond donors (Lipinski definition) is 1. The average Bonchev–Trinajstić information content (AvgIpc) is 3.21. The molecule has 0 bridgehead atoms. The number of furan rings is 1. The third-order valence-corrected chi connectivity index (χ3v) is 3.21. The number of hydrogen-bond acceptors (Lipinski definition) is 6. The summed E-state index contributed by atoms with van der Waals surface area (Å²) in [6.45, 7) is 2.23. The van der Waals surface area contributed by atoms with Crippen LogP contribution in [0.1, 0.15) is 23.8 Å². The molecule has 0 saturated carbocycles. The number of rotatable bonds is 6. The van der Waals surface area contributed by atoms with Crippen molar-refractivity contribution in [3.63, 3.8) is 0 Å². The Morgan fingerprint density at radius 2 is 2.22 bits per heavy atom. The van der Waals surface area contributed by atoms with Gasteiger partial charge in [0.2, 0.25) is 17.6 Å². The summed E-state index contributed by atoms with van der Waals surface area (Å²) < 4.78 is 10.5. The Kier molecular flexibility index (Phi) is 4.46. The van der Waals surface area contributed by atoms with Crippen LogP contribution >= 0.6 is 0 Å². The molecule has 3 rings (SSSR count). The van der Waals surface area contributed by atoms with Crippen LogP contribution < -0.4 is 5.32 Å². The Morgan fingerprint density at radius 1 is 1.30 bits per heavy atom. The third-order valence-electron chi connectivity index (χ3n) is 3.21. The molecule has 3 heterocycles. The maximum Gasteiger partial charge on any atom is 0.227 e. The fraction of sp³-hybridized carbons (Fsp3) is 0.250. The zero-order valence-electron chi connectivity index (χ0n) is 12.7. The molecule has 23 heavy (non-hydrogen) atoms. The molecule has 0 radical (unpaired) electrons. The topological polar surface area (TPSA) is 94.1 Å². The van der Waals surface area contributed by atoms with E-state index in [1.165, 1.54) is 0 Å². The predicted octanol–water partition coefficient (Wildman–Crippen LogP) is 2.28. The normalized spacial score (nSPS) is 10.7. The molecular formula is C16H16N4O3. The molecule has 7 heteroatoms. The molecule has 0 aliphatic carbocycles. The number of carbonyl (C=O) groups excluding carboxylic acids is 1. The van der Waals surface area contributed by atoms with E-state index in [0.717, 1.165) is 17.1 Å². The first-order valence-corrected chi connectivity index (χ1v) is 7.26. The lowest BCUT2D eigenvalue weighted by molar-refractivity contribution is -0.121. The standard InChI is InChI=1S/C16H16N4O3/c1-11-4-5-13(22-11)10-18-14(21)6-7-15-19-16(20-23-15)12-3-2-8-17-9-12/h2-5,8-9H,6-7,10H2,1H3,(H,18,21). The highest BCUT2D eigenvalue weighted by Crippen LogP contribution is 2.14. The molecule has 0 atom stereocenters. The molecule has 1 N–H and O–H groups in total. The number of aryl methyl sites for hydroxylation is 2. The maximum atomic E-state index is 11.8. The monoisotopic (exact) mass is 312 g/mol. The summed E-state index contributed by atoms with van der Waals surface area (Å²) in [5, 5.41) is 6.68. The number of aromatic nitrogens is 3. The van der Waals surface area contributed by atoms with Gasteiger partial charge in [-0.2, -0.15) is 4.98 Å². The minimum atomic E-state index is -0.0971. The van der Waals surface area contributed by atoms with E-state index < -0.39 is 0 Å². The van der Waals surface area contributed by atoms with Crippen molar-refractivity contribution in [2.45, 2.75) is 26.3 Å². The Hall–Kier alpha value is -2.96. The molecular weight excluding hydrogens is 296 g/mol. The van der Waals surface area contributed by atoms with E-state index in [0.29, 0.717) is 24.7 Å². The molecule has 1 amide bonds. The molecule has 118 valence electrons. The average molecular weight is 312 g/mol. The highest BCUT2D eigenvalue weighted by molar-refractivity contribution is 5.75. The van der Waals surface area contributed by atoms with E-state index in [-0.39, 0.29) is 12.3 Å². The highest BCUT2D eigenvalue weighted by Gasteiger charge is 2.11. The summed E-state index contributed by atoms with van der Waals surface area (Å²) in [5.74, 6) is 2.35. The van der Waals surface area contributed by atoms with Crippen LogP contribution in [-0.2, 0) is 17.8 Å². The van der Waals surface area contributed by atoms with Crippen LogP contribution in [-0.4, -0.2) is 21.0 Å². The van der Waals surface area contributed by atoms with E-state index in [1.54, 1.807) is 18.5 Å². The molecule has 3 aromatic rings. The van der Waals surface area contributed by atoms with Crippen LogP contribution in [0, 0.1) is 6.92 Å². The van der Waals surface area contributed by atoms with Gasteiger partial charge >= 0.3 is 0 Å². The minimum Gasteiger partial charge on any atom is -0.465 e.